The minimum absolute atomic E-state index is 0.0210. The van der Waals surface area contributed by atoms with Crippen LogP contribution >= 0.6 is 0 Å². The zero-order chi connectivity index (χ0) is 23.8. The number of amides is 3. The maximum atomic E-state index is 13.4. The summed E-state index contributed by atoms with van der Waals surface area (Å²) in [6, 6.07) is 3.38. The Bertz CT molecular complexity index is 1120. The zero-order valence-electron chi connectivity index (χ0n) is 17.9. The zero-order valence-corrected chi connectivity index (χ0v) is 18.8. The Morgan fingerprint density at radius 2 is 1.82 bits per heavy atom. The van der Waals surface area contributed by atoms with Crippen LogP contribution in [-0.4, -0.2) is 74.9 Å². The molecule has 0 aromatic heterocycles. The van der Waals surface area contributed by atoms with Crippen molar-refractivity contribution in [3.63, 3.8) is 0 Å². The summed E-state index contributed by atoms with van der Waals surface area (Å²) in [7, 11) is -3.98. The van der Waals surface area contributed by atoms with Crippen LogP contribution in [-0.2, 0) is 27.2 Å². The van der Waals surface area contributed by atoms with Gasteiger partial charge in [0.05, 0.1) is 23.5 Å². The molecular formula is C21H24F3N3O5S. The predicted octanol–water partition coefficient (Wildman–Crippen LogP) is 2.28. The maximum absolute atomic E-state index is 13.4. The second-order valence-electron chi connectivity index (χ2n) is 10.1. The lowest BCUT2D eigenvalue weighted by atomic mass is 9.56. The molecule has 3 saturated heterocycles. The summed E-state index contributed by atoms with van der Waals surface area (Å²) in [6.45, 7) is 2.36. The monoisotopic (exact) mass is 487 g/mol. The van der Waals surface area contributed by atoms with Gasteiger partial charge in [-0.05, 0) is 42.9 Å². The summed E-state index contributed by atoms with van der Waals surface area (Å²) >= 11 is 0. The van der Waals surface area contributed by atoms with Crippen LogP contribution < -0.4 is 5.32 Å². The fourth-order valence-electron chi connectivity index (χ4n) is 5.73. The van der Waals surface area contributed by atoms with Crippen LogP contribution in [0, 0.1) is 11.3 Å². The molecule has 1 aliphatic carbocycles. The summed E-state index contributed by atoms with van der Waals surface area (Å²) in [4.78, 5) is 26.6. The topological polar surface area (TPSA) is 96.0 Å². The maximum Gasteiger partial charge on any atom is 0.417 e. The summed E-state index contributed by atoms with van der Waals surface area (Å²) in [5.74, 6) is 0.200. The van der Waals surface area contributed by atoms with Gasteiger partial charge in [0, 0.05) is 24.8 Å². The number of nitrogens with one attached hydrogen (secondary N) is 1. The molecule has 3 aliphatic heterocycles. The van der Waals surface area contributed by atoms with E-state index in [0.29, 0.717) is 38.2 Å². The normalized spacial score (nSPS) is 23.6. The van der Waals surface area contributed by atoms with E-state index in [0.717, 1.165) is 31.2 Å². The molecule has 4 fully saturated rings. The second-order valence-corrected chi connectivity index (χ2v) is 12.0. The minimum Gasteiger partial charge on any atom is -0.447 e. The first-order valence-corrected chi connectivity index (χ1v) is 12.6. The van der Waals surface area contributed by atoms with Crippen molar-refractivity contribution in [2.24, 2.45) is 11.3 Å². The first-order valence-electron chi connectivity index (χ1n) is 10.7. The van der Waals surface area contributed by atoms with Crippen molar-refractivity contribution in [1.29, 1.82) is 0 Å². The Morgan fingerprint density at radius 1 is 1.18 bits per heavy atom. The highest BCUT2D eigenvalue weighted by atomic mass is 32.2. The average molecular weight is 488 g/mol. The molecule has 3 heterocycles. The molecule has 0 unspecified atom stereocenters. The Labute approximate surface area is 189 Å². The number of carbonyl (C=O) groups excluding carboxylic acids is 2. The molecule has 1 aromatic rings. The Balaban J connectivity index is 1.13. The summed E-state index contributed by atoms with van der Waals surface area (Å²) in [6.07, 6.45) is -2.35. The highest BCUT2D eigenvalue weighted by Crippen LogP contribution is 2.53. The fourth-order valence-corrected chi connectivity index (χ4v) is 6.62. The van der Waals surface area contributed by atoms with Gasteiger partial charge in [-0.3, -0.25) is 0 Å². The van der Waals surface area contributed by atoms with E-state index in [1.807, 2.05) is 0 Å². The fraction of sp³-hybridized carbons (Fsp3) is 0.619. The molecule has 4 aliphatic rings. The molecule has 1 saturated carbocycles. The largest absolute Gasteiger partial charge is 0.447 e. The van der Waals surface area contributed by atoms with Crippen molar-refractivity contribution in [3.8, 4) is 0 Å². The molecule has 8 nitrogen and oxygen atoms in total. The number of urea groups is 1. The van der Waals surface area contributed by atoms with Crippen molar-refractivity contribution < 1.29 is 35.9 Å². The molecule has 3 amide bonds. The number of hydrogen-bond donors (Lipinski definition) is 1. The third kappa shape index (κ3) is 3.91. The van der Waals surface area contributed by atoms with E-state index in [9.17, 15) is 31.2 Å². The van der Waals surface area contributed by atoms with E-state index in [1.54, 1.807) is 9.80 Å². The van der Waals surface area contributed by atoms with Gasteiger partial charge in [0.15, 0.2) is 9.84 Å². The number of alkyl halides is 3. The van der Waals surface area contributed by atoms with Crippen molar-refractivity contribution in [2.75, 3.05) is 39.0 Å². The number of rotatable bonds is 3. The van der Waals surface area contributed by atoms with Crippen molar-refractivity contribution >= 4 is 22.0 Å². The highest BCUT2D eigenvalue weighted by molar-refractivity contribution is 7.90. The van der Waals surface area contributed by atoms with Gasteiger partial charge in [0.1, 0.15) is 12.1 Å². The number of cyclic esters (lactones) is 1. The van der Waals surface area contributed by atoms with Crippen LogP contribution in [0.25, 0.3) is 0 Å². The SMILES string of the molecule is CS(=O)(=O)c1ccc(CC2CC3(C2)CN(C(=O)N2CC4(COC(=O)N4)C2)C3)cc1C(F)(F)F. The molecule has 5 rings (SSSR count). The van der Waals surface area contributed by atoms with Gasteiger partial charge in [0.25, 0.3) is 0 Å². The number of benzene rings is 1. The van der Waals surface area contributed by atoms with Gasteiger partial charge in [-0.1, -0.05) is 6.07 Å². The van der Waals surface area contributed by atoms with Crippen LogP contribution in [0.4, 0.5) is 22.8 Å². The van der Waals surface area contributed by atoms with E-state index in [4.69, 9.17) is 4.74 Å². The Hall–Kier alpha value is -2.50. The van der Waals surface area contributed by atoms with Crippen LogP contribution in [0.3, 0.4) is 0 Å². The van der Waals surface area contributed by atoms with Crippen molar-refractivity contribution in [1.82, 2.24) is 15.1 Å². The molecular weight excluding hydrogens is 463 g/mol. The molecule has 0 bridgehead atoms. The number of sulfone groups is 1. The number of likely N-dealkylation sites (tertiary alicyclic amines) is 2. The third-order valence-corrected chi connectivity index (χ3v) is 8.30. The number of nitrogens with zero attached hydrogens (tertiary/aromatic N) is 2. The number of carbonyl (C=O) groups is 2. The highest BCUT2D eigenvalue weighted by Gasteiger charge is 2.57. The molecule has 12 heteroatoms. The van der Waals surface area contributed by atoms with Gasteiger partial charge in [0.2, 0.25) is 0 Å². The van der Waals surface area contributed by atoms with Crippen molar-refractivity contribution in [2.45, 2.75) is 35.9 Å². The first kappa shape index (κ1) is 22.3. The number of hydrogen-bond acceptors (Lipinski definition) is 5. The summed E-state index contributed by atoms with van der Waals surface area (Å²) in [5.41, 5.74) is -1.09. The van der Waals surface area contributed by atoms with Crippen LogP contribution in [0.5, 0.6) is 0 Å². The molecule has 0 atom stereocenters. The summed E-state index contributed by atoms with van der Waals surface area (Å²) in [5, 5.41) is 2.74. The van der Waals surface area contributed by atoms with Gasteiger partial charge < -0.3 is 19.9 Å². The first-order chi connectivity index (χ1) is 15.3. The van der Waals surface area contributed by atoms with Crippen LogP contribution in [0.15, 0.2) is 23.1 Å². The second kappa shape index (κ2) is 7.00. The van der Waals surface area contributed by atoms with Gasteiger partial charge in [-0.2, -0.15) is 13.2 Å². The van der Waals surface area contributed by atoms with Gasteiger partial charge >= 0.3 is 18.3 Å². The molecule has 2 spiro atoms. The van der Waals surface area contributed by atoms with Crippen LogP contribution in [0.2, 0.25) is 0 Å². The molecule has 1 aromatic carbocycles. The minimum atomic E-state index is -4.74. The van der Waals surface area contributed by atoms with E-state index < -0.39 is 38.1 Å². The standard InChI is InChI=1S/C21H24F3N3O5S/c1-33(30,31)16-3-2-13(5-15(16)21(22,23)24)4-14-6-19(7-14)8-26(9-19)18(29)27-10-20(11-27)12-32-17(28)25-20/h2-3,5,14H,4,6-12H2,1H3,(H,25,28). The smallest absolute Gasteiger partial charge is 0.417 e. The number of ether oxygens (including phenoxy) is 1. The van der Waals surface area contributed by atoms with E-state index in [-0.39, 0.29) is 24.0 Å². The van der Waals surface area contributed by atoms with E-state index in [1.165, 1.54) is 6.07 Å². The lowest BCUT2D eigenvalue weighted by Crippen LogP contribution is -2.74. The predicted molar refractivity (Wildman–Crippen MR) is 109 cm³/mol. The lowest BCUT2D eigenvalue weighted by Gasteiger charge is -2.61. The lowest BCUT2D eigenvalue weighted by molar-refractivity contribution is -0.140. The number of halogens is 3. The quantitative estimate of drug-likeness (QED) is 0.706. The number of alkyl carbamates (subject to hydrolysis) is 1. The van der Waals surface area contributed by atoms with E-state index in [2.05, 4.69) is 5.32 Å². The Morgan fingerprint density at radius 3 is 2.36 bits per heavy atom. The molecule has 0 radical (unpaired) electrons. The van der Waals surface area contributed by atoms with Crippen molar-refractivity contribution in [3.05, 3.63) is 29.3 Å². The third-order valence-electron chi connectivity index (χ3n) is 7.14. The summed E-state index contributed by atoms with van der Waals surface area (Å²) < 4.78 is 68.5. The van der Waals surface area contributed by atoms with E-state index >= 15 is 0 Å². The molecule has 33 heavy (non-hydrogen) atoms. The molecule has 1 N–H and O–H groups in total. The van der Waals surface area contributed by atoms with Crippen LogP contribution in [0.1, 0.15) is 24.0 Å². The van der Waals surface area contributed by atoms with Gasteiger partial charge in [-0.15, -0.1) is 0 Å². The molecule has 180 valence electrons. The van der Waals surface area contributed by atoms with Gasteiger partial charge in [-0.25, -0.2) is 18.0 Å². The Kier molecular flexibility index (Phi) is 4.73. The average Bonchev–Trinajstić information content (AvgIpc) is 3.01.